The number of hydrogen-bond acceptors (Lipinski definition) is 5. The number of thiazole rings is 1. The number of aromatic nitrogens is 3. The fourth-order valence-corrected chi connectivity index (χ4v) is 2.59. The van der Waals surface area contributed by atoms with Crippen molar-refractivity contribution in [2.75, 3.05) is 12.3 Å². The van der Waals surface area contributed by atoms with Gasteiger partial charge in [0.2, 0.25) is 0 Å². The van der Waals surface area contributed by atoms with Gasteiger partial charge < -0.3 is 11.1 Å². The summed E-state index contributed by atoms with van der Waals surface area (Å²) < 4.78 is 0. The molecule has 4 N–H and O–H groups in total. The fraction of sp³-hybridized carbons (Fsp3) is 0.462. The summed E-state index contributed by atoms with van der Waals surface area (Å²) in [6.45, 7) is 4.59. The zero-order chi connectivity index (χ0) is 14.5. The SMILES string of the molecule is CCCc1[nH]nc(C(=O)NCC(C)c2nccs2)c1N. The van der Waals surface area contributed by atoms with E-state index in [1.807, 2.05) is 12.3 Å². The van der Waals surface area contributed by atoms with Crippen LogP contribution >= 0.6 is 11.3 Å². The first-order valence-electron chi connectivity index (χ1n) is 6.63. The van der Waals surface area contributed by atoms with Crippen molar-refractivity contribution < 1.29 is 4.79 Å². The number of nitrogens with zero attached hydrogens (tertiary/aromatic N) is 2. The Hall–Kier alpha value is -1.89. The van der Waals surface area contributed by atoms with E-state index in [9.17, 15) is 4.79 Å². The van der Waals surface area contributed by atoms with E-state index in [0.29, 0.717) is 12.2 Å². The molecule has 1 atom stereocenters. The van der Waals surface area contributed by atoms with Gasteiger partial charge in [0.05, 0.1) is 16.4 Å². The number of nitrogens with one attached hydrogen (secondary N) is 2. The maximum absolute atomic E-state index is 12.1. The van der Waals surface area contributed by atoms with Crippen LogP contribution in [0.25, 0.3) is 0 Å². The average Bonchev–Trinajstić information content (AvgIpc) is 3.07. The largest absolute Gasteiger partial charge is 0.395 e. The summed E-state index contributed by atoms with van der Waals surface area (Å²) in [6.07, 6.45) is 3.51. The standard InChI is InChI=1S/C13H19N5OS/c1-3-4-9-10(14)11(18-17-9)12(19)16-7-8(2)13-15-5-6-20-13/h5-6,8H,3-4,7,14H2,1-2H3,(H,16,19)(H,17,18). The van der Waals surface area contributed by atoms with Gasteiger partial charge in [-0.3, -0.25) is 9.89 Å². The van der Waals surface area contributed by atoms with E-state index in [1.165, 1.54) is 0 Å². The summed E-state index contributed by atoms with van der Waals surface area (Å²) in [5.74, 6) is -0.0706. The molecule has 2 heterocycles. The summed E-state index contributed by atoms with van der Waals surface area (Å²) in [5.41, 5.74) is 7.48. The second kappa shape index (κ2) is 6.51. The van der Waals surface area contributed by atoms with Gasteiger partial charge in [0.1, 0.15) is 0 Å². The molecule has 0 spiro atoms. The van der Waals surface area contributed by atoms with E-state index in [0.717, 1.165) is 23.5 Å². The highest BCUT2D eigenvalue weighted by atomic mass is 32.1. The molecule has 0 fully saturated rings. The van der Waals surface area contributed by atoms with Crippen molar-refractivity contribution in [2.45, 2.75) is 32.6 Å². The van der Waals surface area contributed by atoms with Crippen molar-refractivity contribution in [2.24, 2.45) is 0 Å². The lowest BCUT2D eigenvalue weighted by Gasteiger charge is -2.09. The van der Waals surface area contributed by atoms with Gasteiger partial charge in [-0.2, -0.15) is 5.10 Å². The highest BCUT2D eigenvalue weighted by molar-refractivity contribution is 7.09. The Balaban J connectivity index is 1.95. The number of anilines is 1. The topological polar surface area (TPSA) is 96.7 Å². The van der Waals surface area contributed by atoms with Crippen LogP contribution in [-0.2, 0) is 6.42 Å². The quantitative estimate of drug-likeness (QED) is 0.758. The minimum Gasteiger partial charge on any atom is -0.395 e. The Labute approximate surface area is 121 Å². The molecule has 0 saturated heterocycles. The number of aryl methyl sites for hydroxylation is 1. The molecule has 6 nitrogen and oxygen atoms in total. The number of hydrogen-bond donors (Lipinski definition) is 3. The summed E-state index contributed by atoms with van der Waals surface area (Å²) >= 11 is 1.58. The van der Waals surface area contributed by atoms with Crippen molar-refractivity contribution in [3.8, 4) is 0 Å². The molecule has 0 aromatic carbocycles. The number of nitrogens with two attached hydrogens (primary N) is 1. The van der Waals surface area contributed by atoms with E-state index >= 15 is 0 Å². The Morgan fingerprint density at radius 1 is 1.60 bits per heavy atom. The molecule has 0 bridgehead atoms. The van der Waals surface area contributed by atoms with Crippen LogP contribution in [0.1, 0.15) is 47.4 Å². The molecule has 7 heteroatoms. The summed E-state index contributed by atoms with van der Waals surface area (Å²) in [4.78, 5) is 16.3. The highest BCUT2D eigenvalue weighted by Crippen LogP contribution is 2.18. The first-order valence-corrected chi connectivity index (χ1v) is 7.51. The highest BCUT2D eigenvalue weighted by Gasteiger charge is 2.18. The van der Waals surface area contributed by atoms with Crippen LogP contribution in [0.15, 0.2) is 11.6 Å². The summed E-state index contributed by atoms with van der Waals surface area (Å²) in [6, 6.07) is 0. The molecule has 0 aliphatic heterocycles. The molecule has 2 aromatic rings. The molecule has 0 aliphatic carbocycles. The van der Waals surface area contributed by atoms with Gasteiger partial charge in [-0.1, -0.05) is 20.3 Å². The number of nitrogen functional groups attached to an aromatic ring is 1. The predicted molar refractivity (Wildman–Crippen MR) is 79.9 cm³/mol. The lowest BCUT2D eigenvalue weighted by molar-refractivity contribution is 0.0947. The minimum atomic E-state index is -0.246. The number of aromatic amines is 1. The van der Waals surface area contributed by atoms with Gasteiger partial charge >= 0.3 is 0 Å². The van der Waals surface area contributed by atoms with Crippen LogP contribution < -0.4 is 11.1 Å². The van der Waals surface area contributed by atoms with Crippen LogP contribution in [0, 0.1) is 0 Å². The van der Waals surface area contributed by atoms with Crippen molar-refractivity contribution in [1.29, 1.82) is 0 Å². The van der Waals surface area contributed by atoms with Crippen LogP contribution in [0.4, 0.5) is 5.69 Å². The Morgan fingerprint density at radius 2 is 2.40 bits per heavy atom. The van der Waals surface area contributed by atoms with Crippen molar-refractivity contribution in [1.82, 2.24) is 20.5 Å². The molecular weight excluding hydrogens is 274 g/mol. The Bertz CT molecular complexity index is 563. The zero-order valence-electron chi connectivity index (χ0n) is 11.6. The van der Waals surface area contributed by atoms with E-state index in [4.69, 9.17) is 5.73 Å². The summed E-state index contributed by atoms with van der Waals surface area (Å²) in [5, 5.41) is 12.6. The third kappa shape index (κ3) is 3.16. The van der Waals surface area contributed by atoms with Crippen molar-refractivity contribution in [3.63, 3.8) is 0 Å². The van der Waals surface area contributed by atoms with Gasteiger partial charge in [0.15, 0.2) is 5.69 Å². The van der Waals surface area contributed by atoms with Crippen LogP contribution in [0.3, 0.4) is 0 Å². The van der Waals surface area contributed by atoms with Gasteiger partial charge in [0, 0.05) is 24.0 Å². The first-order chi connectivity index (χ1) is 9.63. The van der Waals surface area contributed by atoms with Crippen molar-refractivity contribution in [3.05, 3.63) is 28.0 Å². The fourth-order valence-electron chi connectivity index (χ4n) is 1.90. The molecule has 1 unspecified atom stereocenters. The number of carbonyl (C=O) groups is 1. The number of rotatable bonds is 6. The number of amides is 1. The normalized spacial score (nSPS) is 12.3. The molecule has 2 rings (SSSR count). The van der Waals surface area contributed by atoms with Gasteiger partial charge in [-0.05, 0) is 6.42 Å². The molecule has 20 heavy (non-hydrogen) atoms. The number of H-pyrrole nitrogens is 1. The third-order valence-corrected chi connectivity index (χ3v) is 4.05. The second-order valence-corrected chi connectivity index (χ2v) is 5.62. The van der Waals surface area contributed by atoms with Crippen LogP contribution in [0.2, 0.25) is 0 Å². The zero-order valence-corrected chi connectivity index (χ0v) is 12.5. The van der Waals surface area contributed by atoms with Crippen LogP contribution in [-0.4, -0.2) is 27.6 Å². The number of carbonyl (C=O) groups excluding carboxylic acids is 1. The maximum Gasteiger partial charge on any atom is 0.273 e. The molecule has 108 valence electrons. The van der Waals surface area contributed by atoms with E-state index in [2.05, 4.69) is 27.4 Å². The monoisotopic (exact) mass is 293 g/mol. The van der Waals surface area contributed by atoms with Gasteiger partial charge in [0.25, 0.3) is 5.91 Å². The molecule has 0 aliphatic rings. The second-order valence-electron chi connectivity index (χ2n) is 4.70. The molecule has 1 amide bonds. The lowest BCUT2D eigenvalue weighted by Crippen LogP contribution is -2.28. The van der Waals surface area contributed by atoms with Crippen LogP contribution in [0.5, 0.6) is 0 Å². The van der Waals surface area contributed by atoms with E-state index in [1.54, 1.807) is 17.5 Å². The van der Waals surface area contributed by atoms with Gasteiger partial charge in [-0.25, -0.2) is 4.98 Å². The van der Waals surface area contributed by atoms with Crippen molar-refractivity contribution >= 4 is 22.9 Å². The predicted octanol–water partition coefficient (Wildman–Crippen LogP) is 1.93. The molecule has 2 aromatic heterocycles. The molecule has 0 radical (unpaired) electrons. The minimum absolute atomic E-state index is 0.175. The lowest BCUT2D eigenvalue weighted by atomic mass is 10.2. The smallest absolute Gasteiger partial charge is 0.273 e. The Kier molecular flexibility index (Phi) is 4.73. The third-order valence-electron chi connectivity index (χ3n) is 3.04. The van der Waals surface area contributed by atoms with E-state index < -0.39 is 0 Å². The molecule has 0 saturated carbocycles. The first kappa shape index (κ1) is 14.5. The molecular formula is C13H19N5OS. The van der Waals surface area contributed by atoms with Gasteiger partial charge in [-0.15, -0.1) is 11.3 Å². The summed E-state index contributed by atoms with van der Waals surface area (Å²) in [7, 11) is 0. The average molecular weight is 293 g/mol. The maximum atomic E-state index is 12.1. The Morgan fingerprint density at radius 3 is 3.05 bits per heavy atom. The van der Waals surface area contributed by atoms with E-state index in [-0.39, 0.29) is 17.5 Å².